The van der Waals surface area contributed by atoms with Crippen LogP contribution in [-0.4, -0.2) is 24.0 Å². The predicted octanol–water partition coefficient (Wildman–Crippen LogP) is 0.566. The summed E-state index contributed by atoms with van der Waals surface area (Å²) in [4.78, 5) is 10.6. The van der Waals surface area contributed by atoms with Crippen molar-refractivity contribution in [2.75, 3.05) is 0 Å². The summed E-state index contributed by atoms with van der Waals surface area (Å²) in [6, 6.07) is 5.06. The van der Waals surface area contributed by atoms with Gasteiger partial charge in [0.15, 0.2) is 5.75 Å². The van der Waals surface area contributed by atoms with E-state index < -0.39 is 22.1 Å². The number of hydrogen-bond donors (Lipinski definition) is 2. The number of carbonyl (C=O) groups is 1. The van der Waals surface area contributed by atoms with E-state index in [1.165, 1.54) is 12.1 Å². The summed E-state index contributed by atoms with van der Waals surface area (Å²) in [7, 11) is -4.70. The molecule has 80 valence electrons. The number of aromatic carboxylic acids is 1. The molecular formula is C7H6CeO6S. The predicted molar refractivity (Wildman–Crippen MR) is 45.6 cm³/mol. The maximum Gasteiger partial charge on any atom is 0.446 e. The molecule has 0 aliphatic heterocycles. The molecule has 1 aromatic rings. The number of carboxylic acids is 1. The van der Waals surface area contributed by atoms with E-state index in [4.69, 9.17) is 9.66 Å². The molecular weight excluding hydrogens is 352 g/mol. The van der Waals surface area contributed by atoms with Crippen LogP contribution >= 0.6 is 0 Å². The fraction of sp³-hybridized carbons (Fsp3) is 0. The number of rotatable bonds is 3. The zero-order valence-electron chi connectivity index (χ0n) is 7.25. The van der Waals surface area contributed by atoms with E-state index in [0.717, 1.165) is 12.1 Å². The molecule has 8 heteroatoms. The molecule has 0 aliphatic carbocycles. The van der Waals surface area contributed by atoms with Crippen LogP contribution in [0.4, 0.5) is 0 Å². The van der Waals surface area contributed by atoms with E-state index in [1.807, 2.05) is 0 Å². The summed E-state index contributed by atoms with van der Waals surface area (Å²) in [5.41, 5.74) is -0.342. The van der Waals surface area contributed by atoms with Gasteiger partial charge in [0.25, 0.3) is 0 Å². The van der Waals surface area contributed by atoms with E-state index in [-0.39, 0.29) is 47.3 Å². The first-order valence-electron chi connectivity index (χ1n) is 3.39. The minimum Gasteiger partial charge on any atom is -0.478 e. The zero-order valence-corrected chi connectivity index (χ0v) is 11.2. The maximum absolute atomic E-state index is 10.6. The molecule has 0 aliphatic rings. The minimum atomic E-state index is -4.70. The third kappa shape index (κ3) is 4.89. The molecule has 1 rings (SSSR count). The SMILES string of the molecule is O=C(O)c1ccccc1OS(=O)(=O)O.[Ce]. The molecule has 0 aromatic heterocycles. The molecule has 0 atom stereocenters. The molecule has 15 heavy (non-hydrogen) atoms. The van der Waals surface area contributed by atoms with Crippen molar-refractivity contribution >= 4 is 16.4 Å². The van der Waals surface area contributed by atoms with Crippen molar-refractivity contribution in [2.24, 2.45) is 0 Å². The van der Waals surface area contributed by atoms with Crippen LogP contribution in [0.1, 0.15) is 10.4 Å². The van der Waals surface area contributed by atoms with Crippen LogP contribution in [0.25, 0.3) is 0 Å². The Bertz CT molecular complexity index is 454. The molecule has 0 heterocycles. The van der Waals surface area contributed by atoms with Crippen LogP contribution in [0.15, 0.2) is 24.3 Å². The molecule has 0 saturated heterocycles. The van der Waals surface area contributed by atoms with Gasteiger partial charge in [0.05, 0.1) is 0 Å². The van der Waals surface area contributed by atoms with Crippen LogP contribution < -0.4 is 4.18 Å². The van der Waals surface area contributed by atoms with Crippen molar-refractivity contribution in [2.45, 2.75) is 0 Å². The van der Waals surface area contributed by atoms with Crippen LogP contribution in [0.2, 0.25) is 0 Å². The summed E-state index contributed by atoms with van der Waals surface area (Å²) >= 11 is 0. The Balaban J connectivity index is 0.00000196. The Morgan fingerprint density at radius 1 is 1.27 bits per heavy atom. The van der Waals surface area contributed by atoms with E-state index in [2.05, 4.69) is 4.18 Å². The fourth-order valence-electron chi connectivity index (χ4n) is 0.829. The largest absolute Gasteiger partial charge is 0.478 e. The number of para-hydroxylation sites is 1. The second-order valence-electron chi connectivity index (χ2n) is 2.31. The quantitative estimate of drug-likeness (QED) is 0.766. The van der Waals surface area contributed by atoms with Crippen molar-refractivity contribution < 1.29 is 68.8 Å². The van der Waals surface area contributed by atoms with Crippen LogP contribution in [0.5, 0.6) is 5.75 Å². The Morgan fingerprint density at radius 2 is 1.80 bits per heavy atom. The van der Waals surface area contributed by atoms with Gasteiger partial charge >= 0.3 is 16.4 Å². The Labute approximate surface area is 120 Å². The second-order valence-corrected chi connectivity index (χ2v) is 3.33. The van der Waals surface area contributed by atoms with Gasteiger partial charge in [-0.25, -0.2) is 4.79 Å². The van der Waals surface area contributed by atoms with E-state index in [1.54, 1.807) is 0 Å². The molecule has 2 N–H and O–H groups in total. The average Bonchev–Trinajstić information content (AvgIpc) is 2.01. The van der Waals surface area contributed by atoms with Gasteiger partial charge in [-0.1, -0.05) is 12.1 Å². The summed E-state index contributed by atoms with van der Waals surface area (Å²) in [6.45, 7) is 0. The van der Waals surface area contributed by atoms with Crippen molar-refractivity contribution in [3.63, 3.8) is 0 Å². The first kappa shape index (κ1) is 14.8. The molecule has 6 nitrogen and oxygen atoms in total. The molecule has 0 fully saturated rings. The summed E-state index contributed by atoms with van der Waals surface area (Å²) in [5, 5.41) is 8.61. The zero-order chi connectivity index (χ0) is 10.8. The molecule has 1 aromatic carbocycles. The Hall–Kier alpha value is -0.223. The summed E-state index contributed by atoms with van der Waals surface area (Å²) < 4.78 is 33.0. The third-order valence-corrected chi connectivity index (χ3v) is 1.70. The van der Waals surface area contributed by atoms with Gasteiger partial charge in [-0.05, 0) is 12.1 Å². The van der Waals surface area contributed by atoms with Crippen molar-refractivity contribution in [3.8, 4) is 5.75 Å². The average molecular weight is 358 g/mol. The van der Waals surface area contributed by atoms with Gasteiger partial charge in [0.2, 0.25) is 0 Å². The van der Waals surface area contributed by atoms with Crippen LogP contribution in [0.3, 0.4) is 0 Å². The van der Waals surface area contributed by atoms with Gasteiger partial charge < -0.3 is 9.29 Å². The van der Waals surface area contributed by atoms with Crippen LogP contribution in [-0.2, 0) is 10.4 Å². The van der Waals surface area contributed by atoms with Gasteiger partial charge in [0, 0.05) is 41.7 Å². The van der Waals surface area contributed by atoms with Gasteiger partial charge in [-0.3, -0.25) is 4.55 Å². The fourth-order valence-corrected chi connectivity index (χ4v) is 1.20. The van der Waals surface area contributed by atoms with Crippen LogP contribution in [0, 0.1) is 41.7 Å². The van der Waals surface area contributed by atoms with Crippen molar-refractivity contribution in [1.82, 2.24) is 0 Å². The molecule has 0 amide bonds. The standard InChI is InChI=1S/C7H6O6S.Ce/c8-7(9)5-3-1-2-4-6(5)13-14(10,11)12;/h1-4H,(H,8,9)(H,10,11,12);. The third-order valence-electron chi connectivity index (χ3n) is 1.31. The van der Waals surface area contributed by atoms with Gasteiger partial charge in [0.1, 0.15) is 5.56 Å². The number of carboxylic acid groups (broad SMARTS) is 1. The minimum absolute atomic E-state index is 0. The first-order valence-corrected chi connectivity index (χ1v) is 4.76. The normalized spacial score (nSPS) is 10.2. The number of hydrogen-bond acceptors (Lipinski definition) is 4. The molecule has 0 radical (unpaired) electrons. The summed E-state index contributed by atoms with van der Waals surface area (Å²) in [5.74, 6) is -1.77. The Morgan fingerprint density at radius 3 is 2.27 bits per heavy atom. The van der Waals surface area contributed by atoms with Crippen molar-refractivity contribution in [3.05, 3.63) is 29.8 Å². The molecule has 0 saturated carbocycles. The summed E-state index contributed by atoms with van der Waals surface area (Å²) in [6.07, 6.45) is 0. The topological polar surface area (TPSA) is 101 Å². The molecule has 0 bridgehead atoms. The van der Waals surface area contributed by atoms with Gasteiger partial charge in [-0.15, -0.1) is 0 Å². The monoisotopic (exact) mass is 358 g/mol. The smallest absolute Gasteiger partial charge is 0.446 e. The van der Waals surface area contributed by atoms with E-state index >= 15 is 0 Å². The van der Waals surface area contributed by atoms with Gasteiger partial charge in [-0.2, -0.15) is 8.42 Å². The van der Waals surface area contributed by atoms with E-state index in [9.17, 15) is 13.2 Å². The maximum atomic E-state index is 10.6. The van der Waals surface area contributed by atoms with Crippen molar-refractivity contribution in [1.29, 1.82) is 0 Å². The molecule has 0 unspecified atom stereocenters. The molecule has 0 spiro atoms. The first-order chi connectivity index (χ1) is 6.40. The van der Waals surface area contributed by atoms with E-state index in [0.29, 0.717) is 0 Å². The Kier molecular flexibility index (Phi) is 5.66. The second kappa shape index (κ2) is 5.75. The number of benzene rings is 1.